The summed E-state index contributed by atoms with van der Waals surface area (Å²) in [7, 11) is 0. The average Bonchev–Trinajstić information content (AvgIpc) is 2.27. The molecule has 0 heterocycles. The van der Waals surface area contributed by atoms with Crippen LogP contribution in [0.1, 0.15) is 13.3 Å². The molecule has 0 saturated carbocycles. The van der Waals surface area contributed by atoms with E-state index in [-0.39, 0.29) is 0 Å². The van der Waals surface area contributed by atoms with Crippen molar-refractivity contribution in [3.05, 3.63) is 10.4 Å². The number of aliphatic hydroxyl groups is 4. The number of hydrogen-bond donors (Lipinski definition) is 5. The van der Waals surface area contributed by atoms with Crippen molar-refractivity contribution in [2.75, 3.05) is 6.61 Å². The molecule has 0 spiro atoms. The number of aliphatic hydroxyl groups excluding tert-OH is 3. The summed E-state index contributed by atoms with van der Waals surface area (Å²) in [6, 6.07) is 0. The molecule has 0 radical (unpaired) electrons. The van der Waals surface area contributed by atoms with Crippen molar-refractivity contribution in [2.45, 2.75) is 31.3 Å². The van der Waals surface area contributed by atoms with E-state index in [9.17, 15) is 19.8 Å². The van der Waals surface area contributed by atoms with Gasteiger partial charge >= 0.3 is 0 Å². The topological polar surface area (TPSA) is 176 Å². The van der Waals surface area contributed by atoms with Crippen LogP contribution >= 0.6 is 0 Å². The Labute approximate surface area is 101 Å². The van der Waals surface area contributed by atoms with Crippen molar-refractivity contribution < 1.29 is 30.0 Å². The monoisotopic (exact) mass is 262 g/mol. The highest BCUT2D eigenvalue weighted by molar-refractivity contribution is 5.90. The van der Waals surface area contributed by atoms with Gasteiger partial charge in [-0.15, -0.1) is 0 Å². The first-order valence-electron chi connectivity index (χ1n) is 4.85. The number of carbonyl (C=O) groups excluding carboxylic acids is 2. The van der Waals surface area contributed by atoms with Crippen molar-refractivity contribution in [1.82, 2.24) is 5.32 Å². The van der Waals surface area contributed by atoms with Gasteiger partial charge in [-0.1, -0.05) is 0 Å². The van der Waals surface area contributed by atoms with Crippen LogP contribution in [0.3, 0.4) is 0 Å². The number of hydrogen-bond acceptors (Lipinski definition) is 6. The third-order valence-corrected chi connectivity index (χ3v) is 2.02. The van der Waals surface area contributed by atoms with Gasteiger partial charge in [0.1, 0.15) is 6.10 Å². The SMILES string of the molecule is CC(=O)N[C@](O)(C(=O)N=[N+]=[N-])[C@@H](O)C[C@H](O)CO. The third kappa shape index (κ3) is 4.28. The molecule has 102 valence electrons. The lowest BCUT2D eigenvalue weighted by atomic mass is 10.00. The molecule has 0 aromatic carbocycles. The average molecular weight is 262 g/mol. The van der Waals surface area contributed by atoms with Gasteiger partial charge in [0.25, 0.3) is 5.91 Å². The van der Waals surface area contributed by atoms with E-state index >= 15 is 0 Å². The Morgan fingerprint density at radius 3 is 2.44 bits per heavy atom. The predicted molar refractivity (Wildman–Crippen MR) is 56.6 cm³/mol. The van der Waals surface area contributed by atoms with Gasteiger partial charge in [-0.05, 0) is 10.6 Å². The minimum atomic E-state index is -2.85. The van der Waals surface area contributed by atoms with Crippen LogP contribution in [-0.4, -0.2) is 56.8 Å². The molecule has 5 N–H and O–H groups in total. The Bertz CT molecular complexity index is 369. The lowest BCUT2D eigenvalue weighted by molar-refractivity contribution is -0.164. The largest absolute Gasteiger partial charge is 0.394 e. The number of nitrogens with one attached hydrogen (secondary N) is 1. The van der Waals surface area contributed by atoms with Crippen molar-refractivity contribution in [3.63, 3.8) is 0 Å². The predicted octanol–water partition coefficient (Wildman–Crippen LogP) is -2.25. The minimum absolute atomic E-state index is 0.611. The summed E-state index contributed by atoms with van der Waals surface area (Å²) in [5.74, 6) is -2.39. The highest BCUT2D eigenvalue weighted by atomic mass is 16.4. The molecule has 10 heteroatoms. The Kier molecular flexibility index (Phi) is 6.23. The van der Waals surface area contributed by atoms with Crippen LogP contribution in [0.2, 0.25) is 0 Å². The van der Waals surface area contributed by atoms with Crippen molar-refractivity contribution in [2.24, 2.45) is 5.11 Å². The van der Waals surface area contributed by atoms with Crippen LogP contribution in [0, 0.1) is 0 Å². The first-order valence-corrected chi connectivity index (χ1v) is 4.85. The van der Waals surface area contributed by atoms with E-state index in [1.54, 1.807) is 5.32 Å². The molecule has 0 aromatic heterocycles. The number of azide groups is 1. The van der Waals surface area contributed by atoms with Gasteiger partial charge in [-0.25, -0.2) is 0 Å². The van der Waals surface area contributed by atoms with Gasteiger partial charge in [-0.2, -0.15) is 0 Å². The van der Waals surface area contributed by atoms with E-state index in [1.807, 2.05) is 0 Å². The number of rotatable bonds is 6. The van der Waals surface area contributed by atoms with E-state index in [2.05, 4.69) is 10.0 Å². The summed E-state index contributed by atoms with van der Waals surface area (Å²) in [6.45, 7) is 0.243. The molecule has 0 aliphatic heterocycles. The van der Waals surface area contributed by atoms with Crippen molar-refractivity contribution in [1.29, 1.82) is 0 Å². The molecular weight excluding hydrogens is 248 g/mol. The second kappa shape index (κ2) is 6.89. The standard InChI is InChI=1S/C8H14N4O6/c1-4(14)10-8(18,7(17)11-12-9)6(16)2-5(15)3-13/h5-6,13,15-16,18H,2-3H2,1H3,(H,10,14)/t5-,6-,8+/m0/s1. The number of carbonyl (C=O) groups is 2. The molecule has 3 atom stereocenters. The molecule has 0 rings (SSSR count). The molecule has 18 heavy (non-hydrogen) atoms. The fourth-order valence-electron chi connectivity index (χ4n) is 1.17. The molecule has 2 amide bonds. The van der Waals surface area contributed by atoms with E-state index in [0.29, 0.717) is 0 Å². The molecule has 10 nitrogen and oxygen atoms in total. The van der Waals surface area contributed by atoms with Gasteiger partial charge in [0.2, 0.25) is 11.6 Å². The zero-order valence-electron chi connectivity index (χ0n) is 9.52. The summed E-state index contributed by atoms with van der Waals surface area (Å²) in [6.07, 6.45) is -3.99. The van der Waals surface area contributed by atoms with E-state index in [4.69, 9.17) is 15.7 Å². The number of nitrogens with zero attached hydrogens (tertiary/aromatic N) is 3. The Balaban J connectivity index is 5.13. The summed E-state index contributed by atoms with van der Waals surface area (Å²) in [5, 5.41) is 41.4. The van der Waals surface area contributed by atoms with Crippen LogP contribution in [-0.2, 0) is 9.59 Å². The summed E-state index contributed by atoms with van der Waals surface area (Å²) < 4.78 is 0. The van der Waals surface area contributed by atoms with Gasteiger partial charge in [-0.3, -0.25) is 9.59 Å². The molecule has 0 saturated heterocycles. The van der Waals surface area contributed by atoms with Crippen LogP contribution in [0.25, 0.3) is 10.4 Å². The maximum Gasteiger partial charge on any atom is 0.273 e. The molecule has 0 bridgehead atoms. The van der Waals surface area contributed by atoms with Crippen LogP contribution in [0.4, 0.5) is 0 Å². The fraction of sp³-hybridized carbons (Fsp3) is 0.750. The summed E-state index contributed by atoms with van der Waals surface area (Å²) in [4.78, 5) is 24.3. The Hall–Kier alpha value is -1.71. The van der Waals surface area contributed by atoms with Crippen LogP contribution < -0.4 is 5.32 Å². The highest BCUT2D eigenvalue weighted by Gasteiger charge is 2.44. The summed E-state index contributed by atoms with van der Waals surface area (Å²) in [5.41, 5.74) is 5.23. The molecule has 0 aliphatic carbocycles. The minimum Gasteiger partial charge on any atom is -0.394 e. The van der Waals surface area contributed by atoms with Crippen LogP contribution in [0.15, 0.2) is 5.11 Å². The molecule has 0 aromatic rings. The van der Waals surface area contributed by atoms with Crippen molar-refractivity contribution >= 4 is 11.8 Å². The second-order valence-corrected chi connectivity index (χ2v) is 3.53. The normalized spacial score (nSPS) is 16.9. The maximum atomic E-state index is 11.3. The molecule has 0 unspecified atom stereocenters. The fourth-order valence-corrected chi connectivity index (χ4v) is 1.17. The van der Waals surface area contributed by atoms with Gasteiger partial charge < -0.3 is 25.7 Å². The van der Waals surface area contributed by atoms with Crippen LogP contribution in [0.5, 0.6) is 0 Å². The Morgan fingerprint density at radius 2 is 2.06 bits per heavy atom. The van der Waals surface area contributed by atoms with E-state index < -0.39 is 42.8 Å². The molecular formula is C8H14N4O6. The van der Waals surface area contributed by atoms with E-state index in [1.165, 1.54) is 0 Å². The first kappa shape index (κ1) is 16.3. The van der Waals surface area contributed by atoms with Gasteiger partial charge in [0.15, 0.2) is 0 Å². The lowest BCUT2D eigenvalue weighted by Crippen LogP contribution is -2.61. The lowest BCUT2D eigenvalue weighted by Gasteiger charge is -2.31. The second-order valence-electron chi connectivity index (χ2n) is 3.53. The number of amides is 2. The van der Waals surface area contributed by atoms with Gasteiger partial charge in [0, 0.05) is 18.3 Å². The van der Waals surface area contributed by atoms with Crippen molar-refractivity contribution in [3.8, 4) is 0 Å². The smallest absolute Gasteiger partial charge is 0.273 e. The van der Waals surface area contributed by atoms with E-state index in [0.717, 1.165) is 6.92 Å². The quantitative estimate of drug-likeness (QED) is 0.156. The molecule has 0 fully saturated rings. The van der Waals surface area contributed by atoms with Gasteiger partial charge in [0.05, 0.1) is 12.7 Å². The Morgan fingerprint density at radius 1 is 1.50 bits per heavy atom. The summed E-state index contributed by atoms with van der Waals surface area (Å²) >= 11 is 0. The maximum absolute atomic E-state index is 11.3. The third-order valence-electron chi connectivity index (χ3n) is 2.02. The first-order chi connectivity index (χ1) is 8.27. The zero-order chi connectivity index (χ0) is 14.3. The molecule has 0 aliphatic rings. The highest BCUT2D eigenvalue weighted by Crippen LogP contribution is 2.15. The zero-order valence-corrected chi connectivity index (χ0v) is 9.52.